The Morgan fingerprint density at radius 2 is 1.44 bits per heavy atom. The van der Waals surface area contributed by atoms with Crippen molar-refractivity contribution in [2.75, 3.05) is 7.05 Å². The van der Waals surface area contributed by atoms with E-state index in [4.69, 9.17) is 44.9 Å². The number of rotatable bonds is 0. The molecule has 0 aliphatic rings. The Morgan fingerprint density at radius 1 is 1.44 bits per heavy atom. The fraction of sp³-hybridized carbons (Fsp3) is 1.00. The van der Waals surface area contributed by atoms with E-state index in [0.29, 0.717) is 0 Å². The highest BCUT2D eigenvalue weighted by Gasteiger charge is 2.07. The molecule has 0 aliphatic heterocycles. The second kappa shape index (κ2) is 5.09. The van der Waals surface area contributed by atoms with Gasteiger partial charge in [0.25, 0.3) is 0 Å². The Bertz CT molecular complexity index is 79.5. The van der Waals surface area contributed by atoms with E-state index in [2.05, 4.69) is 0 Å². The summed E-state index contributed by atoms with van der Waals surface area (Å²) in [5, 5.41) is 8.81. The smallest absolute Gasteiger partial charge is 0.194 e. The molecule has 0 saturated carbocycles. The van der Waals surface area contributed by atoms with Crippen molar-refractivity contribution in [2.45, 2.75) is 10.7 Å². The molecule has 0 aromatic heterocycles. The van der Waals surface area contributed by atoms with Crippen molar-refractivity contribution in [1.29, 1.82) is 0 Å². The summed E-state index contributed by atoms with van der Waals surface area (Å²) in [6.45, 7) is 1.48. The molecule has 0 N–H and O–H groups in total. The van der Waals surface area contributed by atoms with Gasteiger partial charge >= 0.3 is 0 Å². The van der Waals surface area contributed by atoms with E-state index in [0.717, 1.165) is 7.05 Å². The topological polar surface area (TPSA) is 43.1 Å². The molecule has 56 valence electrons. The van der Waals surface area contributed by atoms with Gasteiger partial charge in [0.15, 0.2) is 10.8 Å². The third-order valence-electron chi connectivity index (χ3n) is 0. The van der Waals surface area contributed by atoms with Gasteiger partial charge in [-0.15, -0.1) is 0 Å². The summed E-state index contributed by atoms with van der Waals surface area (Å²) in [5.74, 6) is 0. The molecule has 3 nitrogen and oxygen atoms in total. The molecule has 0 radical (unpaired) electrons. The molecule has 0 aromatic rings. The molecular weight excluding hydrogens is 188 g/mol. The number of hydrogen-bond acceptors (Lipinski definition) is 2. The highest BCUT2D eigenvalue weighted by molar-refractivity contribution is 6.67. The zero-order chi connectivity index (χ0) is 8.08. The number of halogens is 3. The molecule has 0 amide bonds. The van der Waals surface area contributed by atoms with Crippen molar-refractivity contribution >= 4 is 34.8 Å². The number of nitrogens with zero attached hydrogens (tertiary/aromatic N) is 1. The molecule has 0 bridgehead atoms. The average molecular weight is 194 g/mol. The Balaban J connectivity index is 0. The molecule has 0 saturated heterocycles. The minimum absolute atomic E-state index is 0.500. The van der Waals surface area contributed by atoms with E-state index in [1.54, 1.807) is 0 Å². The Labute approximate surface area is 68.0 Å². The van der Waals surface area contributed by atoms with E-state index in [1.165, 1.54) is 6.92 Å². The monoisotopic (exact) mass is 193 g/mol. The first kappa shape index (κ1) is 12.0. The molecule has 0 spiro atoms. The van der Waals surface area contributed by atoms with Crippen LogP contribution >= 0.6 is 34.8 Å². The molecule has 9 heavy (non-hydrogen) atoms. The Kier molecular flexibility index (Phi) is 6.78. The molecule has 6 heteroatoms. The summed E-state index contributed by atoms with van der Waals surface area (Å²) in [5.41, 5.74) is 0. The van der Waals surface area contributed by atoms with Crippen LogP contribution in [0.3, 0.4) is 0 Å². The van der Waals surface area contributed by atoms with E-state index in [9.17, 15) is 0 Å². The maximum atomic E-state index is 8.81. The number of hydrogen-bond donors (Lipinski definition) is 0. The van der Waals surface area contributed by atoms with E-state index >= 15 is 0 Å². The van der Waals surface area contributed by atoms with Crippen molar-refractivity contribution in [3.8, 4) is 0 Å². The minimum Gasteiger partial charge on any atom is -0.265 e. The van der Waals surface area contributed by atoms with Crippen LogP contribution in [0.5, 0.6) is 0 Å². The number of alkyl halides is 3. The van der Waals surface area contributed by atoms with Crippen molar-refractivity contribution < 1.29 is 4.92 Å². The normalized spacial score (nSPS) is 9.44. The van der Waals surface area contributed by atoms with Crippen LogP contribution in [-0.4, -0.2) is 15.8 Å². The second-order valence-corrected chi connectivity index (χ2v) is 4.07. The van der Waals surface area contributed by atoms with Crippen molar-refractivity contribution in [3.05, 3.63) is 10.1 Å². The first-order chi connectivity index (χ1) is 3.73. The van der Waals surface area contributed by atoms with E-state index in [1.807, 2.05) is 0 Å². The van der Waals surface area contributed by atoms with Gasteiger partial charge in [0.2, 0.25) is 0 Å². The fourth-order valence-electron chi connectivity index (χ4n) is 0. The molecule has 0 atom stereocenters. The van der Waals surface area contributed by atoms with Gasteiger partial charge in [0, 0.05) is 4.92 Å². The molecule has 0 rings (SSSR count). The lowest BCUT2D eigenvalue weighted by Crippen LogP contribution is -1.87. The van der Waals surface area contributed by atoms with Gasteiger partial charge in [0.05, 0.1) is 0 Å². The van der Waals surface area contributed by atoms with Gasteiger partial charge in [-0.3, -0.25) is 10.1 Å². The minimum atomic E-state index is -1.08. The SMILES string of the molecule is CC(Cl)(Cl)Cl.C[N+](=O)[O-]. The zero-order valence-electron chi connectivity index (χ0n) is 4.90. The zero-order valence-corrected chi connectivity index (χ0v) is 7.17. The molecule has 0 aliphatic carbocycles. The van der Waals surface area contributed by atoms with Gasteiger partial charge in [-0.25, -0.2) is 0 Å². The third-order valence-corrected chi connectivity index (χ3v) is 0. The van der Waals surface area contributed by atoms with Crippen LogP contribution in [0.25, 0.3) is 0 Å². The molecule has 0 aromatic carbocycles. The highest BCUT2D eigenvalue weighted by atomic mass is 35.6. The van der Waals surface area contributed by atoms with Crippen LogP contribution in [0.4, 0.5) is 0 Å². The van der Waals surface area contributed by atoms with Crippen LogP contribution in [0.1, 0.15) is 6.92 Å². The van der Waals surface area contributed by atoms with E-state index < -0.39 is 8.72 Å². The van der Waals surface area contributed by atoms with Gasteiger partial charge in [0.1, 0.15) is 0 Å². The summed E-state index contributed by atoms with van der Waals surface area (Å²) in [4.78, 5) is 8.31. The van der Waals surface area contributed by atoms with Gasteiger partial charge in [-0.1, -0.05) is 34.8 Å². The first-order valence-corrected chi connectivity index (χ1v) is 3.01. The molecule has 0 fully saturated rings. The van der Waals surface area contributed by atoms with Gasteiger partial charge in [-0.05, 0) is 6.92 Å². The fourth-order valence-corrected chi connectivity index (χ4v) is 0. The predicted octanol–water partition coefficient (Wildman–Crippen LogP) is 2.27. The van der Waals surface area contributed by atoms with Crippen LogP contribution in [-0.2, 0) is 0 Å². The highest BCUT2D eigenvalue weighted by Crippen LogP contribution is 2.23. The lowest BCUT2D eigenvalue weighted by molar-refractivity contribution is -0.445. The van der Waals surface area contributed by atoms with E-state index in [-0.39, 0.29) is 0 Å². The maximum Gasteiger partial charge on any atom is 0.194 e. The van der Waals surface area contributed by atoms with Gasteiger partial charge < -0.3 is 0 Å². The summed E-state index contributed by atoms with van der Waals surface area (Å²) in [6, 6.07) is 0. The molecule has 0 heterocycles. The van der Waals surface area contributed by atoms with Crippen molar-refractivity contribution in [3.63, 3.8) is 0 Å². The van der Waals surface area contributed by atoms with Crippen LogP contribution in [0, 0.1) is 10.1 Å². The lowest BCUT2D eigenvalue weighted by atomic mass is 10.9. The summed E-state index contributed by atoms with van der Waals surface area (Å²) in [6.07, 6.45) is 0. The van der Waals surface area contributed by atoms with Gasteiger partial charge in [-0.2, -0.15) is 0 Å². The Hall–Kier alpha value is 0.270. The first-order valence-electron chi connectivity index (χ1n) is 1.88. The maximum absolute atomic E-state index is 8.81. The standard InChI is InChI=1S/C2H3Cl3.CH3NO2/c1-2(3,4)5;1-2(3)4/h1H3;1H3. The summed E-state index contributed by atoms with van der Waals surface area (Å²) in [7, 11) is 0.889. The quantitative estimate of drug-likeness (QED) is 0.337. The summed E-state index contributed by atoms with van der Waals surface area (Å²) < 4.78 is -1.08. The molecule has 0 unspecified atom stereocenters. The third kappa shape index (κ3) is 4460. The summed E-state index contributed by atoms with van der Waals surface area (Å²) >= 11 is 15.2. The van der Waals surface area contributed by atoms with Crippen molar-refractivity contribution in [1.82, 2.24) is 0 Å². The average Bonchev–Trinajstić information content (AvgIpc) is 1.19. The van der Waals surface area contributed by atoms with Crippen LogP contribution in [0.2, 0.25) is 0 Å². The lowest BCUT2D eigenvalue weighted by Gasteiger charge is -1.94. The van der Waals surface area contributed by atoms with Crippen LogP contribution in [0.15, 0.2) is 0 Å². The Morgan fingerprint density at radius 3 is 1.44 bits per heavy atom. The second-order valence-electron chi connectivity index (χ2n) is 1.22. The predicted molar refractivity (Wildman–Crippen MR) is 38.9 cm³/mol. The van der Waals surface area contributed by atoms with Crippen LogP contribution < -0.4 is 0 Å². The number of nitro groups is 1. The largest absolute Gasteiger partial charge is 0.265 e. The van der Waals surface area contributed by atoms with Crippen molar-refractivity contribution in [2.24, 2.45) is 0 Å². The molecular formula is C3H6Cl3NO2.